The van der Waals surface area contributed by atoms with E-state index >= 15 is 0 Å². The van der Waals surface area contributed by atoms with Crippen molar-refractivity contribution in [1.82, 2.24) is 15.6 Å². The van der Waals surface area contributed by atoms with Crippen molar-refractivity contribution in [3.05, 3.63) is 16.1 Å². The van der Waals surface area contributed by atoms with Crippen molar-refractivity contribution < 1.29 is 9.53 Å². The summed E-state index contributed by atoms with van der Waals surface area (Å²) >= 11 is 1.67. The molecule has 0 aliphatic rings. The van der Waals surface area contributed by atoms with Gasteiger partial charge in [-0.05, 0) is 34.6 Å². The maximum absolute atomic E-state index is 11.5. The minimum atomic E-state index is -0.455. The van der Waals surface area contributed by atoms with Crippen LogP contribution in [0.3, 0.4) is 0 Å². The third kappa shape index (κ3) is 7.45. The van der Waals surface area contributed by atoms with E-state index in [4.69, 9.17) is 4.74 Å². The van der Waals surface area contributed by atoms with Crippen LogP contribution in [-0.2, 0) is 11.2 Å². The first kappa shape index (κ1) is 16.9. The fourth-order valence-electron chi connectivity index (χ4n) is 1.59. The van der Waals surface area contributed by atoms with Crippen LogP contribution in [0.4, 0.5) is 4.79 Å². The Labute approximate surface area is 125 Å². The minimum Gasteiger partial charge on any atom is -0.444 e. The molecular formula is C14H25N3O2S. The lowest BCUT2D eigenvalue weighted by Crippen LogP contribution is -2.41. The first-order valence-electron chi connectivity index (χ1n) is 6.87. The minimum absolute atomic E-state index is 0.197. The van der Waals surface area contributed by atoms with Gasteiger partial charge in [-0.2, -0.15) is 0 Å². The molecule has 0 saturated carbocycles. The standard InChI is InChI=1S/C14H25N3O2S/c1-10(8-16-13(18)19-14(3,4)5)15-7-6-12-9-20-11(2)17-12/h9-10,15H,6-8H2,1-5H3,(H,16,18). The monoisotopic (exact) mass is 299 g/mol. The fourth-order valence-corrected chi connectivity index (χ4v) is 2.24. The number of hydrogen-bond donors (Lipinski definition) is 2. The molecule has 0 aliphatic carbocycles. The van der Waals surface area contributed by atoms with Crippen molar-refractivity contribution in [1.29, 1.82) is 0 Å². The third-order valence-corrected chi connectivity index (χ3v) is 3.31. The highest BCUT2D eigenvalue weighted by Gasteiger charge is 2.16. The van der Waals surface area contributed by atoms with E-state index in [9.17, 15) is 4.79 Å². The summed E-state index contributed by atoms with van der Waals surface area (Å²) in [5.74, 6) is 0. The molecule has 1 amide bonds. The summed E-state index contributed by atoms with van der Waals surface area (Å²) in [6.45, 7) is 11.0. The molecule has 0 saturated heterocycles. The first-order valence-corrected chi connectivity index (χ1v) is 7.75. The van der Waals surface area contributed by atoms with Crippen molar-refractivity contribution in [2.45, 2.75) is 52.7 Å². The number of aromatic nitrogens is 1. The highest BCUT2D eigenvalue weighted by atomic mass is 32.1. The lowest BCUT2D eigenvalue weighted by Gasteiger charge is -2.21. The number of aryl methyl sites for hydroxylation is 1. The Morgan fingerprint density at radius 3 is 2.75 bits per heavy atom. The number of rotatable bonds is 6. The molecule has 1 atom stereocenters. The molecule has 5 nitrogen and oxygen atoms in total. The van der Waals surface area contributed by atoms with Gasteiger partial charge in [0.05, 0.1) is 10.7 Å². The van der Waals surface area contributed by atoms with E-state index in [2.05, 4.69) is 21.0 Å². The summed E-state index contributed by atoms with van der Waals surface area (Å²) in [4.78, 5) is 15.9. The number of nitrogens with zero attached hydrogens (tertiary/aromatic N) is 1. The Kier molecular flexibility index (Phi) is 6.42. The van der Waals surface area contributed by atoms with E-state index in [-0.39, 0.29) is 12.1 Å². The summed E-state index contributed by atoms with van der Waals surface area (Å²) in [7, 11) is 0. The SMILES string of the molecule is Cc1nc(CCNC(C)CNC(=O)OC(C)(C)C)cs1. The highest BCUT2D eigenvalue weighted by molar-refractivity contribution is 7.09. The molecule has 1 unspecified atom stereocenters. The normalized spacial score (nSPS) is 13.1. The van der Waals surface area contributed by atoms with Gasteiger partial charge in [-0.25, -0.2) is 9.78 Å². The van der Waals surface area contributed by atoms with E-state index < -0.39 is 5.60 Å². The maximum Gasteiger partial charge on any atom is 0.407 e. The number of alkyl carbamates (subject to hydrolysis) is 1. The van der Waals surface area contributed by atoms with E-state index in [0.29, 0.717) is 6.54 Å². The van der Waals surface area contributed by atoms with Crippen molar-refractivity contribution in [2.24, 2.45) is 0 Å². The maximum atomic E-state index is 11.5. The van der Waals surface area contributed by atoms with Crippen LogP contribution in [-0.4, -0.2) is 35.8 Å². The zero-order valence-electron chi connectivity index (χ0n) is 12.9. The Balaban J connectivity index is 2.14. The van der Waals surface area contributed by atoms with Gasteiger partial charge in [0.25, 0.3) is 0 Å². The number of carbonyl (C=O) groups excluding carboxylic acids is 1. The van der Waals surface area contributed by atoms with Gasteiger partial charge >= 0.3 is 6.09 Å². The lowest BCUT2D eigenvalue weighted by atomic mass is 10.2. The van der Waals surface area contributed by atoms with Crippen LogP contribution in [0.2, 0.25) is 0 Å². The molecule has 0 radical (unpaired) electrons. The Hall–Kier alpha value is -1.14. The quantitative estimate of drug-likeness (QED) is 0.847. The van der Waals surface area contributed by atoms with Crippen LogP contribution in [0.15, 0.2) is 5.38 Å². The average Bonchev–Trinajstić information content (AvgIpc) is 2.70. The fraction of sp³-hybridized carbons (Fsp3) is 0.714. The highest BCUT2D eigenvalue weighted by Crippen LogP contribution is 2.08. The summed E-state index contributed by atoms with van der Waals surface area (Å²) in [6, 6.07) is 0.197. The number of carbonyl (C=O) groups is 1. The summed E-state index contributed by atoms with van der Waals surface area (Å²) in [5.41, 5.74) is 0.663. The Bertz CT molecular complexity index is 426. The van der Waals surface area contributed by atoms with Gasteiger partial charge in [0.15, 0.2) is 0 Å². The van der Waals surface area contributed by atoms with Crippen molar-refractivity contribution in [2.75, 3.05) is 13.1 Å². The van der Waals surface area contributed by atoms with E-state index in [1.807, 2.05) is 34.6 Å². The zero-order valence-corrected chi connectivity index (χ0v) is 13.8. The number of thiazole rings is 1. The number of hydrogen-bond acceptors (Lipinski definition) is 5. The molecule has 0 aromatic carbocycles. The summed E-state index contributed by atoms with van der Waals surface area (Å²) < 4.78 is 5.18. The van der Waals surface area contributed by atoms with Gasteiger partial charge in [0.1, 0.15) is 5.60 Å². The zero-order chi connectivity index (χ0) is 15.2. The Morgan fingerprint density at radius 2 is 2.20 bits per heavy atom. The second kappa shape index (κ2) is 7.59. The number of nitrogens with one attached hydrogen (secondary N) is 2. The molecular weight excluding hydrogens is 274 g/mol. The van der Waals surface area contributed by atoms with E-state index in [1.54, 1.807) is 11.3 Å². The molecule has 114 valence electrons. The molecule has 0 spiro atoms. The van der Waals surface area contributed by atoms with E-state index in [0.717, 1.165) is 23.7 Å². The molecule has 0 aliphatic heterocycles. The van der Waals surface area contributed by atoms with Gasteiger partial charge in [0, 0.05) is 30.9 Å². The molecule has 0 fully saturated rings. The summed E-state index contributed by atoms with van der Waals surface area (Å²) in [6.07, 6.45) is 0.530. The molecule has 0 bridgehead atoms. The van der Waals surface area contributed by atoms with Crippen LogP contribution >= 0.6 is 11.3 Å². The van der Waals surface area contributed by atoms with Gasteiger partial charge in [0.2, 0.25) is 0 Å². The molecule has 20 heavy (non-hydrogen) atoms. The molecule has 1 aromatic rings. The van der Waals surface area contributed by atoms with Gasteiger partial charge in [-0.1, -0.05) is 0 Å². The van der Waals surface area contributed by atoms with Crippen LogP contribution < -0.4 is 10.6 Å². The molecule has 1 rings (SSSR count). The van der Waals surface area contributed by atoms with Crippen LogP contribution in [0.5, 0.6) is 0 Å². The van der Waals surface area contributed by atoms with Crippen LogP contribution in [0, 0.1) is 6.92 Å². The molecule has 6 heteroatoms. The predicted octanol–water partition coefficient (Wildman–Crippen LogP) is 2.50. The first-order chi connectivity index (χ1) is 9.26. The second-order valence-corrected chi connectivity index (χ2v) is 6.91. The Morgan fingerprint density at radius 1 is 1.50 bits per heavy atom. The van der Waals surface area contributed by atoms with Gasteiger partial charge < -0.3 is 15.4 Å². The lowest BCUT2D eigenvalue weighted by molar-refractivity contribution is 0.0523. The molecule has 1 heterocycles. The van der Waals surface area contributed by atoms with Gasteiger partial charge in [-0.15, -0.1) is 11.3 Å². The van der Waals surface area contributed by atoms with Crippen LogP contribution in [0.1, 0.15) is 38.4 Å². The molecule has 1 aromatic heterocycles. The molecule has 2 N–H and O–H groups in total. The number of ether oxygens (including phenoxy) is 1. The smallest absolute Gasteiger partial charge is 0.407 e. The third-order valence-electron chi connectivity index (χ3n) is 2.49. The second-order valence-electron chi connectivity index (χ2n) is 5.85. The average molecular weight is 299 g/mol. The topological polar surface area (TPSA) is 63.2 Å². The van der Waals surface area contributed by atoms with Crippen LogP contribution in [0.25, 0.3) is 0 Å². The van der Waals surface area contributed by atoms with Crippen molar-refractivity contribution in [3.8, 4) is 0 Å². The van der Waals surface area contributed by atoms with E-state index in [1.165, 1.54) is 0 Å². The largest absolute Gasteiger partial charge is 0.444 e. The number of amides is 1. The summed E-state index contributed by atoms with van der Waals surface area (Å²) in [5, 5.41) is 9.29. The predicted molar refractivity (Wildman–Crippen MR) is 82.3 cm³/mol. The van der Waals surface area contributed by atoms with Gasteiger partial charge in [-0.3, -0.25) is 0 Å². The van der Waals surface area contributed by atoms with Crippen molar-refractivity contribution >= 4 is 17.4 Å². The van der Waals surface area contributed by atoms with Crippen molar-refractivity contribution in [3.63, 3.8) is 0 Å².